The van der Waals surface area contributed by atoms with Crippen molar-refractivity contribution in [3.63, 3.8) is 0 Å². The largest absolute Gasteiger partial charge is 0.375 e. The van der Waals surface area contributed by atoms with Crippen LogP contribution in [0.2, 0.25) is 0 Å². The van der Waals surface area contributed by atoms with E-state index >= 15 is 0 Å². The Morgan fingerprint density at radius 2 is 2.41 bits per heavy atom. The zero-order valence-corrected chi connectivity index (χ0v) is 11.7. The first-order valence-electron chi connectivity index (χ1n) is 6.34. The summed E-state index contributed by atoms with van der Waals surface area (Å²) in [6, 6.07) is -0.345. The maximum absolute atomic E-state index is 12.1. The highest BCUT2D eigenvalue weighted by atomic mass is 32.2. The fourth-order valence-corrected chi connectivity index (χ4v) is 2.51. The van der Waals surface area contributed by atoms with Gasteiger partial charge in [-0.25, -0.2) is 0 Å². The van der Waals surface area contributed by atoms with Gasteiger partial charge in [0.05, 0.1) is 18.8 Å². The molecule has 0 spiro atoms. The molecule has 1 aliphatic rings. The van der Waals surface area contributed by atoms with Crippen molar-refractivity contribution in [2.75, 3.05) is 31.7 Å². The first-order chi connectivity index (χ1) is 8.19. The molecule has 1 heterocycles. The van der Waals surface area contributed by atoms with Crippen molar-refractivity contribution in [3.05, 3.63) is 0 Å². The van der Waals surface area contributed by atoms with Gasteiger partial charge < -0.3 is 15.4 Å². The van der Waals surface area contributed by atoms with Crippen LogP contribution in [0, 0.1) is 0 Å². The molecule has 1 amide bonds. The number of rotatable bonds is 6. The molecule has 2 N–H and O–H groups in total. The molecule has 0 aromatic rings. The highest BCUT2D eigenvalue weighted by Gasteiger charge is 2.26. The van der Waals surface area contributed by atoms with Crippen LogP contribution in [0.3, 0.4) is 0 Å². The summed E-state index contributed by atoms with van der Waals surface area (Å²) >= 11 is 1.73. The van der Waals surface area contributed by atoms with Crippen molar-refractivity contribution in [2.24, 2.45) is 5.73 Å². The minimum Gasteiger partial charge on any atom is -0.375 e. The van der Waals surface area contributed by atoms with Gasteiger partial charge in [-0.05, 0) is 24.9 Å². The molecule has 2 atom stereocenters. The van der Waals surface area contributed by atoms with Crippen molar-refractivity contribution in [1.82, 2.24) is 4.90 Å². The van der Waals surface area contributed by atoms with Crippen molar-refractivity contribution in [2.45, 2.75) is 38.3 Å². The van der Waals surface area contributed by atoms with Gasteiger partial charge in [-0.1, -0.05) is 13.3 Å². The van der Waals surface area contributed by atoms with Gasteiger partial charge in [0.25, 0.3) is 0 Å². The van der Waals surface area contributed by atoms with E-state index in [0.29, 0.717) is 19.7 Å². The Balaban J connectivity index is 2.39. The molecule has 1 saturated heterocycles. The standard InChI is InChI=1S/C12H24N2O2S/c1-3-4-10-9-14(6-7-16-10)12(15)11(13)5-8-17-2/h10-11H,3-9,13H2,1-2H3. The molecule has 0 aromatic carbocycles. The molecule has 100 valence electrons. The smallest absolute Gasteiger partial charge is 0.239 e. The molecule has 1 rings (SSSR count). The van der Waals surface area contributed by atoms with Crippen LogP contribution in [0.1, 0.15) is 26.2 Å². The summed E-state index contributed by atoms with van der Waals surface area (Å²) in [5.41, 5.74) is 5.91. The molecule has 0 saturated carbocycles. The second kappa shape index (κ2) is 7.95. The molecule has 0 bridgehead atoms. The maximum atomic E-state index is 12.1. The Morgan fingerprint density at radius 1 is 1.65 bits per heavy atom. The van der Waals surface area contributed by atoms with Crippen molar-refractivity contribution >= 4 is 17.7 Å². The van der Waals surface area contributed by atoms with E-state index in [-0.39, 0.29) is 18.1 Å². The zero-order valence-electron chi connectivity index (χ0n) is 10.9. The number of carbonyl (C=O) groups is 1. The minimum absolute atomic E-state index is 0.0865. The van der Waals surface area contributed by atoms with Crippen LogP contribution in [0.4, 0.5) is 0 Å². The number of nitrogens with zero attached hydrogens (tertiary/aromatic N) is 1. The summed E-state index contributed by atoms with van der Waals surface area (Å²) < 4.78 is 5.62. The number of carbonyl (C=O) groups excluding carboxylic acids is 1. The molecule has 17 heavy (non-hydrogen) atoms. The van der Waals surface area contributed by atoms with Crippen LogP contribution in [0.25, 0.3) is 0 Å². The lowest BCUT2D eigenvalue weighted by Crippen LogP contribution is -2.51. The summed E-state index contributed by atoms with van der Waals surface area (Å²) in [6.45, 7) is 4.17. The summed E-state index contributed by atoms with van der Waals surface area (Å²) in [6.07, 6.45) is 5.10. The Morgan fingerprint density at radius 3 is 3.06 bits per heavy atom. The zero-order chi connectivity index (χ0) is 12.7. The monoisotopic (exact) mass is 260 g/mol. The molecule has 4 nitrogen and oxygen atoms in total. The van der Waals surface area contributed by atoms with E-state index in [1.165, 1.54) is 0 Å². The first kappa shape index (κ1) is 14.8. The summed E-state index contributed by atoms with van der Waals surface area (Å²) in [5, 5.41) is 0. The van der Waals surface area contributed by atoms with Crippen LogP contribution < -0.4 is 5.73 Å². The van der Waals surface area contributed by atoms with Gasteiger partial charge in [0, 0.05) is 13.1 Å². The highest BCUT2D eigenvalue weighted by molar-refractivity contribution is 7.98. The number of morpholine rings is 1. The number of ether oxygens (including phenoxy) is 1. The third kappa shape index (κ3) is 4.85. The van der Waals surface area contributed by atoms with Crippen LogP contribution in [-0.2, 0) is 9.53 Å². The van der Waals surface area contributed by atoms with E-state index in [1.54, 1.807) is 11.8 Å². The van der Waals surface area contributed by atoms with E-state index in [0.717, 1.165) is 25.0 Å². The molecule has 0 radical (unpaired) electrons. The van der Waals surface area contributed by atoms with E-state index in [9.17, 15) is 4.79 Å². The van der Waals surface area contributed by atoms with Crippen molar-refractivity contribution in [3.8, 4) is 0 Å². The Bertz CT molecular complexity index is 237. The van der Waals surface area contributed by atoms with E-state index in [1.807, 2.05) is 11.2 Å². The molecular weight excluding hydrogens is 236 g/mol. The predicted octanol–water partition coefficient (Wildman–Crippen LogP) is 1.09. The average molecular weight is 260 g/mol. The number of nitrogens with two attached hydrogens (primary N) is 1. The van der Waals surface area contributed by atoms with Crippen LogP contribution in [-0.4, -0.2) is 54.7 Å². The average Bonchev–Trinajstić information content (AvgIpc) is 2.35. The Hall–Kier alpha value is -0.260. The lowest BCUT2D eigenvalue weighted by molar-refractivity contribution is -0.140. The van der Waals surface area contributed by atoms with Crippen molar-refractivity contribution < 1.29 is 9.53 Å². The predicted molar refractivity (Wildman–Crippen MR) is 72.2 cm³/mol. The van der Waals surface area contributed by atoms with E-state index in [4.69, 9.17) is 10.5 Å². The number of hydrogen-bond acceptors (Lipinski definition) is 4. The molecule has 0 aromatic heterocycles. The number of thioether (sulfide) groups is 1. The van der Waals surface area contributed by atoms with Crippen molar-refractivity contribution in [1.29, 1.82) is 0 Å². The number of amides is 1. The molecular formula is C12H24N2O2S. The van der Waals surface area contributed by atoms with Gasteiger partial charge in [-0.15, -0.1) is 0 Å². The fourth-order valence-electron chi connectivity index (χ4n) is 2.02. The van der Waals surface area contributed by atoms with Gasteiger partial charge in [0.1, 0.15) is 0 Å². The lowest BCUT2D eigenvalue weighted by Gasteiger charge is -2.34. The summed E-state index contributed by atoms with van der Waals surface area (Å²) in [4.78, 5) is 14.0. The lowest BCUT2D eigenvalue weighted by atomic mass is 10.1. The third-order valence-electron chi connectivity index (χ3n) is 3.01. The van der Waals surface area contributed by atoms with Gasteiger partial charge in [-0.2, -0.15) is 11.8 Å². The quantitative estimate of drug-likeness (QED) is 0.777. The molecule has 1 fully saturated rings. The fraction of sp³-hybridized carbons (Fsp3) is 0.917. The van der Waals surface area contributed by atoms with Crippen LogP contribution in [0.5, 0.6) is 0 Å². The Labute approximate surface area is 108 Å². The Kier molecular flexibility index (Phi) is 6.92. The highest BCUT2D eigenvalue weighted by Crippen LogP contribution is 2.12. The molecule has 1 aliphatic heterocycles. The second-order valence-corrected chi connectivity index (χ2v) is 5.44. The topological polar surface area (TPSA) is 55.6 Å². The van der Waals surface area contributed by atoms with Gasteiger partial charge in [0.15, 0.2) is 0 Å². The second-order valence-electron chi connectivity index (χ2n) is 4.45. The van der Waals surface area contributed by atoms with E-state index in [2.05, 4.69) is 6.92 Å². The van der Waals surface area contributed by atoms with Crippen LogP contribution in [0.15, 0.2) is 0 Å². The van der Waals surface area contributed by atoms with Gasteiger partial charge in [-0.3, -0.25) is 4.79 Å². The summed E-state index contributed by atoms with van der Waals surface area (Å²) in [7, 11) is 0. The molecule has 0 aliphatic carbocycles. The van der Waals surface area contributed by atoms with Crippen LogP contribution >= 0.6 is 11.8 Å². The first-order valence-corrected chi connectivity index (χ1v) is 7.73. The molecule has 2 unspecified atom stereocenters. The van der Waals surface area contributed by atoms with E-state index < -0.39 is 0 Å². The molecule has 5 heteroatoms. The number of hydrogen-bond donors (Lipinski definition) is 1. The summed E-state index contributed by atoms with van der Waals surface area (Å²) in [5.74, 6) is 1.03. The van der Waals surface area contributed by atoms with Gasteiger partial charge in [0.2, 0.25) is 5.91 Å². The normalized spacial score (nSPS) is 22.5. The maximum Gasteiger partial charge on any atom is 0.239 e. The van der Waals surface area contributed by atoms with Gasteiger partial charge >= 0.3 is 0 Å². The SMILES string of the molecule is CCCC1CN(C(=O)C(N)CCSC)CCO1. The minimum atomic E-state index is -0.345. The third-order valence-corrected chi connectivity index (χ3v) is 3.66.